The van der Waals surface area contributed by atoms with Gasteiger partial charge in [0.25, 0.3) is 15.8 Å². The van der Waals surface area contributed by atoms with E-state index in [1.807, 2.05) is 0 Å². The van der Waals surface area contributed by atoms with Crippen LogP contribution in [0.4, 0.5) is 13.2 Å². The number of nitriles is 1. The summed E-state index contributed by atoms with van der Waals surface area (Å²) in [6.45, 7) is 1.15. The Morgan fingerprint density at radius 2 is 1.64 bits per heavy atom. The first-order valence-corrected chi connectivity index (χ1v) is 15.3. The smallest absolute Gasteiger partial charge is 0.454 e. The quantitative estimate of drug-likeness (QED) is 0.182. The molecule has 3 heterocycles. The molecule has 0 N–H and O–H groups in total. The Kier molecular flexibility index (Phi) is 7.90. The molecule has 45 heavy (non-hydrogen) atoms. The lowest BCUT2D eigenvalue weighted by Gasteiger charge is -2.23. The summed E-state index contributed by atoms with van der Waals surface area (Å²) in [7, 11) is -4.26. The second kappa shape index (κ2) is 11.8. The van der Waals surface area contributed by atoms with E-state index in [2.05, 4.69) is 11.1 Å². The number of alkyl halides is 3. The second-order valence-electron chi connectivity index (χ2n) is 10.4. The summed E-state index contributed by atoms with van der Waals surface area (Å²) in [6, 6.07) is 22.8. The average molecular weight is 632 g/mol. The van der Waals surface area contributed by atoms with E-state index in [9.17, 15) is 31.6 Å². The van der Waals surface area contributed by atoms with E-state index in [0.717, 1.165) is 16.1 Å². The molecule has 8 nitrogen and oxygen atoms in total. The molecule has 0 saturated carbocycles. The number of aromatic nitrogens is 2. The van der Waals surface area contributed by atoms with Crippen molar-refractivity contribution in [2.75, 3.05) is 13.2 Å². The molecule has 228 valence electrons. The molecule has 0 atom stereocenters. The highest BCUT2D eigenvalue weighted by Gasteiger charge is 2.39. The number of pyridine rings is 1. The van der Waals surface area contributed by atoms with Crippen molar-refractivity contribution in [2.45, 2.75) is 30.0 Å². The molecule has 0 radical (unpaired) electrons. The molecule has 0 spiro atoms. The Hall–Kier alpha value is -4.99. The lowest BCUT2D eigenvalue weighted by molar-refractivity contribution is -0.0885. The first kappa shape index (κ1) is 30.1. The van der Waals surface area contributed by atoms with Gasteiger partial charge in [-0.25, -0.2) is 17.4 Å². The molecule has 0 amide bonds. The maximum absolute atomic E-state index is 14.0. The molecule has 3 aromatic carbocycles. The Labute approximate surface area is 256 Å². The lowest BCUT2D eigenvalue weighted by Crippen LogP contribution is -2.26. The standard InChI is InChI=1S/C33H24F3N3O5S/c34-33(35,36)31(40)22-8-6-21(7-9-22)29-19-28-27(12-15-38-32(28)39(29)45(41,42)26-4-2-1-3-5-26)23-10-11-30(24(18-23)20-37)44-25-13-16-43-17-14-25/h1-12,15,18-19,25H,13-14,16-17H2. The second-order valence-corrected chi connectivity index (χ2v) is 12.2. The van der Waals surface area contributed by atoms with Crippen LogP contribution in [-0.4, -0.2) is 48.7 Å². The van der Waals surface area contributed by atoms with Crippen LogP contribution in [0.5, 0.6) is 5.75 Å². The Morgan fingerprint density at radius 1 is 0.956 bits per heavy atom. The van der Waals surface area contributed by atoms with Crippen LogP contribution in [0.25, 0.3) is 33.4 Å². The van der Waals surface area contributed by atoms with Crippen molar-refractivity contribution in [2.24, 2.45) is 0 Å². The van der Waals surface area contributed by atoms with Gasteiger partial charge in [0.15, 0.2) is 5.65 Å². The third kappa shape index (κ3) is 5.80. The minimum absolute atomic E-state index is 0.0267. The van der Waals surface area contributed by atoms with Gasteiger partial charge in [0.05, 0.1) is 29.4 Å². The summed E-state index contributed by atoms with van der Waals surface area (Å²) in [5.41, 5.74) is 1.33. The van der Waals surface area contributed by atoms with Gasteiger partial charge < -0.3 is 9.47 Å². The maximum atomic E-state index is 14.0. The molecule has 1 saturated heterocycles. The molecule has 6 rings (SSSR count). The minimum atomic E-state index is -5.06. The molecule has 1 fully saturated rings. The normalized spacial score (nSPS) is 14.3. The zero-order valence-corrected chi connectivity index (χ0v) is 24.3. The van der Waals surface area contributed by atoms with Crippen LogP contribution in [0, 0.1) is 11.3 Å². The summed E-state index contributed by atoms with van der Waals surface area (Å²) in [6.07, 6.45) is -2.28. The van der Waals surface area contributed by atoms with Crippen molar-refractivity contribution >= 4 is 26.8 Å². The highest BCUT2D eigenvalue weighted by molar-refractivity contribution is 7.90. The van der Waals surface area contributed by atoms with E-state index in [1.165, 1.54) is 30.5 Å². The molecule has 12 heteroatoms. The fourth-order valence-electron chi connectivity index (χ4n) is 5.29. The summed E-state index contributed by atoms with van der Waals surface area (Å²) in [4.78, 5) is 16.2. The highest BCUT2D eigenvalue weighted by Crippen LogP contribution is 2.38. The van der Waals surface area contributed by atoms with E-state index in [1.54, 1.807) is 48.5 Å². The molecule has 0 unspecified atom stereocenters. The van der Waals surface area contributed by atoms with Gasteiger partial charge in [-0.3, -0.25) is 4.79 Å². The van der Waals surface area contributed by atoms with Crippen LogP contribution >= 0.6 is 0 Å². The van der Waals surface area contributed by atoms with Crippen LogP contribution in [0.3, 0.4) is 0 Å². The largest absolute Gasteiger partial charge is 0.489 e. The fraction of sp³-hybridized carbons (Fsp3) is 0.182. The Balaban J connectivity index is 1.51. The molecule has 0 aliphatic carbocycles. The molecule has 0 bridgehead atoms. The van der Waals surface area contributed by atoms with Gasteiger partial charge in [-0.1, -0.05) is 48.5 Å². The summed E-state index contributed by atoms with van der Waals surface area (Å²) in [5.74, 6) is -1.58. The number of hydrogen-bond acceptors (Lipinski definition) is 7. The van der Waals surface area contributed by atoms with E-state index >= 15 is 0 Å². The van der Waals surface area contributed by atoms with Crippen molar-refractivity contribution < 1.29 is 35.9 Å². The number of Topliss-reactive ketones (excluding diaryl/α,β-unsaturated/α-hetero) is 1. The number of nitrogens with zero attached hydrogens (tertiary/aromatic N) is 3. The van der Waals surface area contributed by atoms with E-state index < -0.39 is 27.5 Å². The van der Waals surface area contributed by atoms with Gasteiger partial charge >= 0.3 is 6.18 Å². The fourth-order valence-corrected chi connectivity index (χ4v) is 6.79. The summed E-state index contributed by atoms with van der Waals surface area (Å²) < 4.78 is 79.7. The molecule has 5 aromatic rings. The first-order chi connectivity index (χ1) is 21.6. The van der Waals surface area contributed by atoms with Crippen molar-refractivity contribution in [3.8, 4) is 34.2 Å². The lowest BCUT2D eigenvalue weighted by atomic mass is 10.0. The number of ether oxygens (including phenoxy) is 2. The van der Waals surface area contributed by atoms with Gasteiger partial charge in [-0.15, -0.1) is 0 Å². The predicted octanol–water partition coefficient (Wildman–Crippen LogP) is 6.78. The van der Waals surface area contributed by atoms with Crippen LogP contribution in [-0.2, 0) is 14.8 Å². The number of ketones is 1. The number of fused-ring (bicyclic) bond motifs is 1. The van der Waals surface area contributed by atoms with Gasteiger partial charge in [0.1, 0.15) is 17.9 Å². The number of carbonyl (C=O) groups is 1. The Morgan fingerprint density at radius 3 is 2.31 bits per heavy atom. The van der Waals surface area contributed by atoms with Crippen molar-refractivity contribution in [1.82, 2.24) is 8.96 Å². The van der Waals surface area contributed by atoms with Crippen LogP contribution in [0.15, 0.2) is 96.0 Å². The number of halogens is 3. The topological polar surface area (TPSA) is 111 Å². The third-order valence-corrected chi connectivity index (χ3v) is 9.23. The maximum Gasteiger partial charge on any atom is 0.454 e. The Bertz CT molecular complexity index is 2050. The number of carbonyl (C=O) groups excluding carboxylic acids is 1. The number of rotatable bonds is 7. The minimum Gasteiger partial charge on any atom is -0.489 e. The number of hydrogen-bond donors (Lipinski definition) is 0. The summed E-state index contributed by atoms with van der Waals surface area (Å²) >= 11 is 0. The molecule has 1 aliphatic heterocycles. The van der Waals surface area contributed by atoms with Gasteiger partial charge in [-0.2, -0.15) is 18.4 Å². The zero-order valence-electron chi connectivity index (χ0n) is 23.5. The highest BCUT2D eigenvalue weighted by atomic mass is 32.2. The van der Waals surface area contributed by atoms with Crippen LogP contribution < -0.4 is 4.74 Å². The van der Waals surface area contributed by atoms with Gasteiger partial charge in [0.2, 0.25) is 0 Å². The van der Waals surface area contributed by atoms with E-state index in [0.29, 0.717) is 53.9 Å². The number of benzene rings is 3. The molecule has 1 aliphatic rings. The SMILES string of the molecule is N#Cc1cc(-c2ccnc3c2cc(-c2ccc(C(=O)C(F)(F)F)cc2)n3S(=O)(=O)c2ccccc2)ccc1OC1CCOCC1. The van der Waals surface area contributed by atoms with Crippen molar-refractivity contribution in [1.29, 1.82) is 5.26 Å². The van der Waals surface area contributed by atoms with Crippen molar-refractivity contribution in [3.63, 3.8) is 0 Å². The van der Waals surface area contributed by atoms with E-state index in [-0.39, 0.29) is 27.9 Å². The first-order valence-electron chi connectivity index (χ1n) is 13.9. The third-order valence-electron chi connectivity index (χ3n) is 7.52. The molecular formula is C33H24F3N3O5S. The monoisotopic (exact) mass is 631 g/mol. The van der Waals surface area contributed by atoms with Crippen LogP contribution in [0.1, 0.15) is 28.8 Å². The average Bonchev–Trinajstić information content (AvgIpc) is 3.46. The summed E-state index contributed by atoms with van der Waals surface area (Å²) in [5, 5.41) is 10.3. The van der Waals surface area contributed by atoms with Gasteiger partial charge in [-0.05, 0) is 53.1 Å². The predicted molar refractivity (Wildman–Crippen MR) is 159 cm³/mol. The van der Waals surface area contributed by atoms with Gasteiger partial charge in [0, 0.05) is 30.0 Å². The van der Waals surface area contributed by atoms with Crippen LogP contribution in [0.2, 0.25) is 0 Å². The van der Waals surface area contributed by atoms with E-state index in [4.69, 9.17) is 9.47 Å². The molecular weight excluding hydrogens is 607 g/mol. The molecule has 2 aromatic heterocycles. The van der Waals surface area contributed by atoms with Crippen molar-refractivity contribution in [3.05, 3.63) is 102 Å². The zero-order chi connectivity index (χ0) is 31.8.